The number of carbonyl (C=O) groups excluding carboxylic acids is 2. The van der Waals surface area contributed by atoms with E-state index in [9.17, 15) is 14.7 Å². The average Bonchev–Trinajstić information content (AvgIpc) is 3.05. The van der Waals surface area contributed by atoms with Crippen molar-refractivity contribution in [2.24, 2.45) is 0 Å². The van der Waals surface area contributed by atoms with Crippen LogP contribution in [0.4, 0.5) is 5.69 Å². The van der Waals surface area contributed by atoms with Crippen LogP contribution >= 0.6 is 0 Å². The van der Waals surface area contributed by atoms with E-state index in [0.29, 0.717) is 48.9 Å². The Kier molecular flexibility index (Phi) is 6.81. The highest BCUT2D eigenvalue weighted by molar-refractivity contribution is 6.45. The molecule has 2 aliphatic rings. The van der Waals surface area contributed by atoms with Gasteiger partial charge in [-0.3, -0.25) is 14.5 Å². The first-order chi connectivity index (χ1) is 16.0. The number of imide groups is 1. The lowest BCUT2D eigenvalue weighted by atomic mass is 9.97. The van der Waals surface area contributed by atoms with Gasteiger partial charge in [-0.15, -0.1) is 0 Å². The van der Waals surface area contributed by atoms with E-state index in [2.05, 4.69) is 4.90 Å². The van der Waals surface area contributed by atoms with Crippen LogP contribution in [0.25, 0.3) is 5.57 Å². The molecule has 0 unspecified atom stereocenters. The van der Waals surface area contributed by atoms with Crippen molar-refractivity contribution in [3.63, 3.8) is 0 Å². The van der Waals surface area contributed by atoms with Gasteiger partial charge in [-0.2, -0.15) is 0 Å². The highest BCUT2D eigenvalue weighted by atomic mass is 16.5. The summed E-state index contributed by atoms with van der Waals surface area (Å²) >= 11 is 0. The molecule has 7 heteroatoms. The maximum absolute atomic E-state index is 13.9. The summed E-state index contributed by atoms with van der Waals surface area (Å²) in [6, 6.07) is 13.1. The van der Waals surface area contributed by atoms with Crippen LogP contribution in [0.15, 0.2) is 48.2 Å². The van der Waals surface area contributed by atoms with Crippen LogP contribution in [0.3, 0.4) is 0 Å². The van der Waals surface area contributed by atoms with E-state index >= 15 is 0 Å². The second-order valence-corrected chi connectivity index (χ2v) is 8.44. The van der Waals surface area contributed by atoms with Crippen molar-refractivity contribution >= 4 is 23.1 Å². The average molecular weight is 450 g/mol. The van der Waals surface area contributed by atoms with Crippen LogP contribution in [-0.2, 0) is 9.59 Å². The first-order valence-electron chi connectivity index (χ1n) is 11.5. The number of aryl methyl sites for hydroxylation is 2. The third-order valence-corrected chi connectivity index (χ3v) is 6.22. The van der Waals surface area contributed by atoms with Crippen molar-refractivity contribution < 1.29 is 19.4 Å². The molecule has 4 rings (SSSR count). The van der Waals surface area contributed by atoms with Crippen molar-refractivity contribution in [3.8, 4) is 5.75 Å². The Balaban J connectivity index is 1.79. The number of aliphatic hydroxyl groups excluding tert-OH is 1. The van der Waals surface area contributed by atoms with Crippen LogP contribution in [0.1, 0.15) is 23.6 Å². The number of para-hydroxylation sites is 2. The molecule has 1 saturated heterocycles. The van der Waals surface area contributed by atoms with Crippen LogP contribution < -0.4 is 9.64 Å². The number of rotatable bonds is 7. The van der Waals surface area contributed by atoms with E-state index in [-0.39, 0.29) is 18.4 Å². The zero-order valence-electron chi connectivity index (χ0n) is 19.5. The van der Waals surface area contributed by atoms with Gasteiger partial charge in [0.15, 0.2) is 0 Å². The number of aliphatic hydroxyl groups is 1. The molecule has 2 aromatic carbocycles. The van der Waals surface area contributed by atoms with Gasteiger partial charge >= 0.3 is 0 Å². The molecule has 0 radical (unpaired) electrons. The number of nitrogens with zero attached hydrogens (tertiary/aromatic N) is 3. The van der Waals surface area contributed by atoms with Crippen molar-refractivity contribution in [2.45, 2.75) is 20.8 Å². The summed E-state index contributed by atoms with van der Waals surface area (Å²) in [6.45, 7) is 9.69. The van der Waals surface area contributed by atoms with Crippen LogP contribution in [0, 0.1) is 13.8 Å². The van der Waals surface area contributed by atoms with Gasteiger partial charge in [0, 0.05) is 32.7 Å². The molecule has 2 aliphatic heterocycles. The molecule has 2 amide bonds. The van der Waals surface area contributed by atoms with Gasteiger partial charge in [0.2, 0.25) is 0 Å². The third kappa shape index (κ3) is 4.38. The smallest absolute Gasteiger partial charge is 0.282 e. The molecule has 0 atom stereocenters. The Bertz CT molecular complexity index is 1090. The number of ether oxygens (including phenoxy) is 1. The van der Waals surface area contributed by atoms with Crippen molar-refractivity contribution in [1.82, 2.24) is 9.80 Å². The summed E-state index contributed by atoms with van der Waals surface area (Å²) in [5.74, 6) is -0.139. The van der Waals surface area contributed by atoms with Gasteiger partial charge < -0.3 is 14.7 Å². The summed E-state index contributed by atoms with van der Waals surface area (Å²) < 4.78 is 5.74. The fourth-order valence-electron chi connectivity index (χ4n) is 4.62. The van der Waals surface area contributed by atoms with Crippen LogP contribution in [-0.4, -0.2) is 72.7 Å². The van der Waals surface area contributed by atoms with Crippen molar-refractivity contribution in [3.05, 3.63) is 64.9 Å². The Labute approximate surface area is 194 Å². The third-order valence-electron chi connectivity index (χ3n) is 6.22. The minimum absolute atomic E-state index is 0.107. The summed E-state index contributed by atoms with van der Waals surface area (Å²) in [7, 11) is 0. The van der Waals surface area contributed by atoms with Crippen LogP contribution in [0.5, 0.6) is 5.75 Å². The topological polar surface area (TPSA) is 73.3 Å². The van der Waals surface area contributed by atoms with E-state index < -0.39 is 0 Å². The minimum atomic E-state index is -0.327. The van der Waals surface area contributed by atoms with Gasteiger partial charge in [-0.05, 0) is 44.0 Å². The molecule has 2 heterocycles. The summed E-state index contributed by atoms with van der Waals surface area (Å²) in [6.07, 6.45) is 0. The Morgan fingerprint density at radius 3 is 2.36 bits per heavy atom. The predicted molar refractivity (Wildman–Crippen MR) is 128 cm³/mol. The zero-order valence-corrected chi connectivity index (χ0v) is 19.5. The standard InChI is InChI=1S/C26H31N3O4/c1-4-33-22-8-6-5-7-21(22)29-25(31)23(20-10-9-18(2)17-19(20)3)24(26(29)32)28-13-11-27(12-14-28)15-16-30/h5-10,17,30H,4,11-16H2,1-3H3. The van der Waals surface area contributed by atoms with Gasteiger partial charge in [0.25, 0.3) is 11.8 Å². The van der Waals surface area contributed by atoms with E-state index in [4.69, 9.17) is 4.74 Å². The molecule has 0 bridgehead atoms. The minimum Gasteiger partial charge on any atom is -0.492 e. The second kappa shape index (κ2) is 9.77. The number of anilines is 1. The van der Waals surface area contributed by atoms with Gasteiger partial charge in [-0.1, -0.05) is 35.9 Å². The number of hydrogen-bond acceptors (Lipinski definition) is 6. The molecule has 7 nitrogen and oxygen atoms in total. The van der Waals surface area contributed by atoms with Gasteiger partial charge in [0.1, 0.15) is 11.4 Å². The lowest BCUT2D eigenvalue weighted by molar-refractivity contribution is -0.120. The number of piperazine rings is 1. The molecule has 33 heavy (non-hydrogen) atoms. The van der Waals surface area contributed by atoms with E-state index in [0.717, 1.165) is 29.8 Å². The van der Waals surface area contributed by atoms with Crippen molar-refractivity contribution in [1.29, 1.82) is 0 Å². The predicted octanol–water partition coefficient (Wildman–Crippen LogP) is 2.60. The number of amides is 2. The quantitative estimate of drug-likeness (QED) is 0.655. The summed E-state index contributed by atoms with van der Waals surface area (Å²) in [4.78, 5) is 33.1. The molecule has 0 aromatic heterocycles. The fourth-order valence-corrected chi connectivity index (χ4v) is 4.62. The fraction of sp³-hybridized carbons (Fsp3) is 0.385. The zero-order chi connectivity index (χ0) is 23.5. The Morgan fingerprint density at radius 2 is 1.70 bits per heavy atom. The first kappa shape index (κ1) is 23.0. The van der Waals surface area contributed by atoms with Crippen LogP contribution in [0.2, 0.25) is 0 Å². The van der Waals surface area contributed by atoms with Crippen molar-refractivity contribution in [2.75, 3.05) is 50.8 Å². The molecular weight excluding hydrogens is 418 g/mol. The maximum atomic E-state index is 13.9. The van der Waals surface area contributed by atoms with E-state index in [1.165, 1.54) is 4.90 Å². The SMILES string of the molecule is CCOc1ccccc1N1C(=O)C(c2ccc(C)cc2C)=C(N2CCN(CCO)CC2)C1=O. The Hall–Kier alpha value is -3.16. The maximum Gasteiger partial charge on any atom is 0.282 e. The molecular formula is C26H31N3O4. The molecule has 1 fully saturated rings. The molecule has 2 aromatic rings. The number of benzene rings is 2. The number of carbonyl (C=O) groups is 2. The largest absolute Gasteiger partial charge is 0.492 e. The van der Waals surface area contributed by atoms with E-state index in [1.54, 1.807) is 18.2 Å². The molecule has 0 spiro atoms. The number of hydrogen-bond donors (Lipinski definition) is 1. The lowest BCUT2D eigenvalue weighted by Gasteiger charge is -2.36. The highest BCUT2D eigenvalue weighted by Crippen LogP contribution is 2.39. The van der Waals surface area contributed by atoms with Gasteiger partial charge in [0.05, 0.1) is 24.5 Å². The Morgan fingerprint density at radius 1 is 0.970 bits per heavy atom. The molecule has 174 valence electrons. The second-order valence-electron chi connectivity index (χ2n) is 8.44. The number of β-amino-alcohol motifs (C(OH)–C–C–N with tert-alkyl or cyclic N) is 1. The molecule has 0 saturated carbocycles. The van der Waals surface area contributed by atoms with E-state index in [1.807, 2.05) is 49.9 Å². The highest BCUT2D eigenvalue weighted by Gasteiger charge is 2.44. The van der Waals surface area contributed by atoms with Gasteiger partial charge in [-0.25, -0.2) is 4.90 Å². The summed E-state index contributed by atoms with van der Waals surface area (Å²) in [5.41, 5.74) is 4.20. The normalized spacial score (nSPS) is 17.3. The first-order valence-corrected chi connectivity index (χ1v) is 11.5. The summed E-state index contributed by atoms with van der Waals surface area (Å²) in [5, 5.41) is 9.26. The monoisotopic (exact) mass is 449 g/mol. The molecule has 0 aliphatic carbocycles. The molecule has 1 N–H and O–H groups in total. The lowest BCUT2D eigenvalue weighted by Crippen LogP contribution is -2.48.